The van der Waals surface area contributed by atoms with Crippen molar-refractivity contribution in [3.63, 3.8) is 0 Å². The average molecular weight is 356 g/mol. The Balaban J connectivity index is 1.51. The van der Waals surface area contributed by atoms with E-state index in [-0.39, 0.29) is 23.6 Å². The molecular weight excluding hydrogens is 332 g/mol. The Morgan fingerprint density at radius 1 is 1.42 bits per heavy atom. The van der Waals surface area contributed by atoms with Crippen LogP contribution in [0.4, 0.5) is 0 Å². The molecule has 3 heterocycles. The van der Waals surface area contributed by atoms with Gasteiger partial charge < -0.3 is 14.6 Å². The van der Waals surface area contributed by atoms with Gasteiger partial charge in [0.1, 0.15) is 5.65 Å². The van der Waals surface area contributed by atoms with E-state index < -0.39 is 0 Å². The maximum absolute atomic E-state index is 12.5. The highest BCUT2D eigenvalue weighted by Gasteiger charge is 2.36. The number of aromatic amines is 1. The number of fused-ring (bicyclic) bond motifs is 1. The number of carbonyl (C=O) groups excluding carboxylic acids is 1. The number of aromatic nitrogens is 3. The highest BCUT2D eigenvalue weighted by Crippen LogP contribution is 2.35. The van der Waals surface area contributed by atoms with Gasteiger partial charge in [-0.15, -0.1) is 0 Å². The Hall–Kier alpha value is -2.41. The van der Waals surface area contributed by atoms with Crippen molar-refractivity contribution in [1.82, 2.24) is 19.7 Å². The van der Waals surface area contributed by atoms with Crippen LogP contribution in [0.2, 0.25) is 0 Å². The van der Waals surface area contributed by atoms with Gasteiger partial charge in [0, 0.05) is 36.2 Å². The third kappa shape index (κ3) is 3.31. The number of hydrogen-bond acceptors (Lipinski definition) is 4. The van der Waals surface area contributed by atoms with Crippen LogP contribution in [0.3, 0.4) is 0 Å². The second-order valence-electron chi connectivity index (χ2n) is 7.40. The Kier molecular flexibility index (Phi) is 4.40. The van der Waals surface area contributed by atoms with E-state index in [4.69, 9.17) is 4.74 Å². The Morgan fingerprint density at radius 2 is 2.23 bits per heavy atom. The first-order chi connectivity index (χ1) is 12.5. The molecule has 1 saturated carbocycles. The molecule has 26 heavy (non-hydrogen) atoms. The molecule has 0 radical (unpaired) electrons. The van der Waals surface area contributed by atoms with Gasteiger partial charge in [0.15, 0.2) is 0 Å². The number of pyridine rings is 1. The van der Waals surface area contributed by atoms with E-state index in [1.807, 2.05) is 18.7 Å². The molecule has 2 fully saturated rings. The summed E-state index contributed by atoms with van der Waals surface area (Å²) in [6.45, 7) is 5.85. The second kappa shape index (κ2) is 6.72. The molecule has 1 N–H and O–H groups in total. The summed E-state index contributed by atoms with van der Waals surface area (Å²) in [6.07, 6.45) is 7.37. The van der Waals surface area contributed by atoms with Gasteiger partial charge in [-0.25, -0.2) is 4.68 Å². The lowest BCUT2D eigenvalue weighted by molar-refractivity contribution is -0.134. The molecule has 7 heteroatoms. The van der Waals surface area contributed by atoms with Gasteiger partial charge in [0.25, 0.3) is 5.56 Å². The molecule has 1 aliphatic carbocycles. The highest BCUT2D eigenvalue weighted by atomic mass is 16.5. The maximum Gasteiger partial charge on any atom is 0.256 e. The van der Waals surface area contributed by atoms with Gasteiger partial charge in [0.2, 0.25) is 5.91 Å². The van der Waals surface area contributed by atoms with Gasteiger partial charge in [-0.2, -0.15) is 5.10 Å². The molecule has 1 saturated heterocycles. The number of amides is 1. The molecule has 2 aromatic heterocycles. The fourth-order valence-corrected chi connectivity index (χ4v) is 3.43. The summed E-state index contributed by atoms with van der Waals surface area (Å²) in [5.41, 5.74) is 0.942. The standard InChI is InChI=1S/C19H24N4O3/c1-12(2)23-18-15(10-20-23)9-14(19(25)21-18)5-6-17(24)22-7-8-26-16(11-22)13-3-4-13/h5-6,9-10,12-13,16H,3-4,7-8,11H2,1-2H3,(H,21,25)/b6-5+. The van der Waals surface area contributed by atoms with Crippen LogP contribution in [0.1, 0.15) is 38.3 Å². The number of hydrogen-bond donors (Lipinski definition) is 1. The van der Waals surface area contributed by atoms with Crippen molar-refractivity contribution in [1.29, 1.82) is 0 Å². The molecule has 0 aromatic carbocycles. The molecule has 1 unspecified atom stereocenters. The van der Waals surface area contributed by atoms with Crippen LogP contribution < -0.4 is 5.56 Å². The summed E-state index contributed by atoms with van der Waals surface area (Å²) in [7, 11) is 0. The minimum atomic E-state index is -0.221. The predicted molar refractivity (Wildman–Crippen MR) is 98.8 cm³/mol. The molecule has 1 atom stereocenters. The fourth-order valence-electron chi connectivity index (χ4n) is 3.43. The summed E-state index contributed by atoms with van der Waals surface area (Å²) in [5, 5.41) is 5.16. The monoisotopic (exact) mass is 356 g/mol. The van der Waals surface area contributed by atoms with E-state index >= 15 is 0 Å². The van der Waals surface area contributed by atoms with E-state index in [0.29, 0.717) is 36.8 Å². The van der Waals surface area contributed by atoms with Crippen molar-refractivity contribution >= 4 is 23.0 Å². The molecule has 4 rings (SSSR count). The topological polar surface area (TPSA) is 80.2 Å². The van der Waals surface area contributed by atoms with Crippen LogP contribution >= 0.6 is 0 Å². The number of nitrogens with one attached hydrogen (secondary N) is 1. The lowest BCUT2D eigenvalue weighted by Gasteiger charge is -2.32. The van der Waals surface area contributed by atoms with Gasteiger partial charge in [-0.05, 0) is 44.7 Å². The van der Waals surface area contributed by atoms with Crippen LogP contribution in [0.5, 0.6) is 0 Å². The lowest BCUT2D eigenvalue weighted by atomic mass is 10.1. The number of ether oxygens (including phenoxy) is 1. The van der Waals surface area contributed by atoms with Crippen LogP contribution in [0, 0.1) is 5.92 Å². The first kappa shape index (κ1) is 17.0. The zero-order valence-corrected chi connectivity index (χ0v) is 15.1. The number of morpholine rings is 1. The third-order valence-electron chi connectivity index (χ3n) is 5.08. The van der Waals surface area contributed by atoms with Gasteiger partial charge >= 0.3 is 0 Å². The quantitative estimate of drug-likeness (QED) is 0.849. The van der Waals surface area contributed by atoms with E-state index in [1.165, 1.54) is 18.9 Å². The summed E-state index contributed by atoms with van der Waals surface area (Å²) < 4.78 is 7.53. The van der Waals surface area contributed by atoms with E-state index in [0.717, 1.165) is 5.39 Å². The zero-order valence-electron chi connectivity index (χ0n) is 15.1. The van der Waals surface area contributed by atoms with Crippen molar-refractivity contribution < 1.29 is 9.53 Å². The van der Waals surface area contributed by atoms with E-state index in [1.54, 1.807) is 23.0 Å². The first-order valence-corrected chi connectivity index (χ1v) is 9.22. The van der Waals surface area contributed by atoms with Gasteiger partial charge in [-0.3, -0.25) is 9.59 Å². The van der Waals surface area contributed by atoms with E-state index in [2.05, 4.69) is 10.1 Å². The third-order valence-corrected chi connectivity index (χ3v) is 5.08. The zero-order chi connectivity index (χ0) is 18.3. The Bertz CT molecular complexity index is 907. The summed E-state index contributed by atoms with van der Waals surface area (Å²) in [5.74, 6) is 0.536. The fraction of sp³-hybridized carbons (Fsp3) is 0.526. The van der Waals surface area contributed by atoms with Crippen LogP contribution in [-0.4, -0.2) is 51.4 Å². The molecule has 2 aliphatic rings. The summed E-state index contributed by atoms with van der Waals surface area (Å²) in [6, 6.07) is 1.93. The van der Waals surface area contributed by atoms with Crippen molar-refractivity contribution in [3.8, 4) is 0 Å². The second-order valence-corrected chi connectivity index (χ2v) is 7.40. The molecule has 7 nitrogen and oxygen atoms in total. The largest absolute Gasteiger partial charge is 0.374 e. The molecule has 2 aromatic rings. The number of rotatable bonds is 4. The predicted octanol–water partition coefficient (Wildman–Crippen LogP) is 1.96. The maximum atomic E-state index is 12.5. The molecule has 0 bridgehead atoms. The Labute approximate surface area is 151 Å². The lowest BCUT2D eigenvalue weighted by Crippen LogP contribution is -2.45. The van der Waals surface area contributed by atoms with Crippen molar-refractivity contribution in [2.45, 2.75) is 38.8 Å². The van der Waals surface area contributed by atoms with Crippen molar-refractivity contribution in [2.24, 2.45) is 5.92 Å². The SMILES string of the molecule is CC(C)n1ncc2cc(/C=C/C(=O)N3CCOC(C4CC4)C3)c(=O)[nH]c21. The number of H-pyrrole nitrogens is 1. The molecule has 138 valence electrons. The minimum Gasteiger partial charge on any atom is -0.374 e. The van der Waals surface area contributed by atoms with Gasteiger partial charge in [-0.1, -0.05) is 0 Å². The summed E-state index contributed by atoms with van der Waals surface area (Å²) >= 11 is 0. The minimum absolute atomic E-state index is 0.0728. The van der Waals surface area contributed by atoms with Crippen LogP contribution in [0.25, 0.3) is 17.1 Å². The highest BCUT2D eigenvalue weighted by molar-refractivity contribution is 5.92. The van der Waals surface area contributed by atoms with Crippen LogP contribution in [-0.2, 0) is 9.53 Å². The smallest absolute Gasteiger partial charge is 0.256 e. The number of carbonyl (C=O) groups is 1. The van der Waals surface area contributed by atoms with Gasteiger partial charge in [0.05, 0.1) is 18.9 Å². The first-order valence-electron chi connectivity index (χ1n) is 9.22. The molecule has 1 aliphatic heterocycles. The van der Waals surface area contributed by atoms with Crippen molar-refractivity contribution in [3.05, 3.63) is 34.3 Å². The Morgan fingerprint density at radius 3 is 2.96 bits per heavy atom. The van der Waals surface area contributed by atoms with Crippen molar-refractivity contribution in [2.75, 3.05) is 19.7 Å². The van der Waals surface area contributed by atoms with Crippen LogP contribution in [0.15, 0.2) is 23.1 Å². The average Bonchev–Trinajstić information content (AvgIpc) is 3.40. The molecule has 0 spiro atoms. The number of nitrogens with zero attached hydrogens (tertiary/aromatic N) is 3. The molecule has 1 amide bonds. The molecular formula is C19H24N4O3. The van der Waals surface area contributed by atoms with E-state index in [9.17, 15) is 9.59 Å². The summed E-state index contributed by atoms with van der Waals surface area (Å²) in [4.78, 5) is 29.5. The normalized spacial score (nSPS) is 21.2.